The molecule has 8 heteroatoms. The van der Waals surface area contributed by atoms with Crippen LogP contribution >= 0.6 is 0 Å². The fourth-order valence-electron chi connectivity index (χ4n) is 4.14. The smallest absolute Gasteiger partial charge is 0.309 e. The van der Waals surface area contributed by atoms with Crippen LogP contribution in [0.5, 0.6) is 0 Å². The predicted octanol–water partition coefficient (Wildman–Crippen LogP) is 2.22. The predicted molar refractivity (Wildman–Crippen MR) is 112 cm³/mol. The normalized spacial score (nSPS) is 16.9. The number of hydrogen-bond acceptors (Lipinski definition) is 7. The first-order valence-electron chi connectivity index (χ1n) is 10.5. The van der Waals surface area contributed by atoms with Gasteiger partial charge in [0.1, 0.15) is 5.82 Å². The number of carbonyl (C=O) groups excluding carboxylic acids is 2. The summed E-state index contributed by atoms with van der Waals surface area (Å²) in [5, 5.41) is 0. The molecule has 158 valence electrons. The number of nitrogens with zero attached hydrogens (tertiary/aromatic N) is 5. The highest BCUT2D eigenvalue weighted by Crippen LogP contribution is 2.32. The molecule has 0 unspecified atom stereocenters. The number of rotatable bonds is 4. The molecule has 2 aliphatic heterocycles. The second kappa shape index (κ2) is 8.77. The van der Waals surface area contributed by atoms with Crippen LogP contribution in [0.4, 0.5) is 5.82 Å². The standard InChI is InChI=1S/C22H27N5O3/c1-3-30-22(29)16-6-10-26(11-7-16)21-18-14-27(15(2)28)12-8-19(18)24-20(25-21)17-5-4-9-23-13-17/h4-5,9,13,16H,3,6-8,10-12,14H2,1-2H3. The Hall–Kier alpha value is -3.03. The van der Waals surface area contributed by atoms with Gasteiger partial charge in [-0.15, -0.1) is 0 Å². The largest absolute Gasteiger partial charge is 0.466 e. The van der Waals surface area contributed by atoms with Crippen LogP contribution in [0.25, 0.3) is 11.4 Å². The van der Waals surface area contributed by atoms with Gasteiger partial charge in [0.05, 0.1) is 24.8 Å². The van der Waals surface area contributed by atoms with Crippen LogP contribution in [0.15, 0.2) is 24.5 Å². The summed E-state index contributed by atoms with van der Waals surface area (Å²) in [6.07, 6.45) is 5.67. The number of amides is 1. The number of anilines is 1. The van der Waals surface area contributed by atoms with Gasteiger partial charge in [-0.3, -0.25) is 14.6 Å². The van der Waals surface area contributed by atoms with Crippen LogP contribution in [0.2, 0.25) is 0 Å². The molecule has 4 rings (SSSR count). The van der Waals surface area contributed by atoms with Crippen molar-refractivity contribution in [3.05, 3.63) is 35.8 Å². The van der Waals surface area contributed by atoms with E-state index in [1.165, 1.54) is 0 Å². The van der Waals surface area contributed by atoms with Gasteiger partial charge in [0.2, 0.25) is 5.91 Å². The molecule has 0 bridgehead atoms. The van der Waals surface area contributed by atoms with Crippen LogP contribution < -0.4 is 4.90 Å². The molecular formula is C22H27N5O3. The van der Waals surface area contributed by atoms with E-state index < -0.39 is 0 Å². The first-order chi connectivity index (χ1) is 14.6. The highest BCUT2D eigenvalue weighted by atomic mass is 16.5. The lowest BCUT2D eigenvalue weighted by Gasteiger charge is -2.36. The minimum Gasteiger partial charge on any atom is -0.466 e. The average Bonchev–Trinajstić information content (AvgIpc) is 2.78. The van der Waals surface area contributed by atoms with Crippen molar-refractivity contribution in [3.63, 3.8) is 0 Å². The molecule has 0 saturated carbocycles. The Morgan fingerprint density at radius 3 is 2.67 bits per heavy atom. The van der Waals surface area contributed by atoms with Gasteiger partial charge >= 0.3 is 5.97 Å². The summed E-state index contributed by atoms with van der Waals surface area (Å²) in [5.74, 6) is 1.41. The van der Waals surface area contributed by atoms with Gasteiger partial charge in [-0.05, 0) is 31.9 Å². The van der Waals surface area contributed by atoms with Gasteiger partial charge < -0.3 is 14.5 Å². The highest BCUT2D eigenvalue weighted by Gasteiger charge is 2.31. The van der Waals surface area contributed by atoms with Crippen molar-refractivity contribution in [2.75, 3.05) is 31.1 Å². The van der Waals surface area contributed by atoms with E-state index >= 15 is 0 Å². The molecule has 0 aromatic carbocycles. The molecular weight excluding hydrogens is 382 g/mol. The summed E-state index contributed by atoms with van der Waals surface area (Å²) < 4.78 is 5.20. The number of hydrogen-bond donors (Lipinski definition) is 0. The molecule has 2 aromatic rings. The van der Waals surface area contributed by atoms with Crippen molar-refractivity contribution in [1.29, 1.82) is 0 Å². The molecule has 2 aromatic heterocycles. The van der Waals surface area contributed by atoms with E-state index in [0.717, 1.165) is 48.6 Å². The van der Waals surface area contributed by atoms with Crippen LogP contribution in [0.3, 0.4) is 0 Å². The molecule has 0 radical (unpaired) electrons. The second-order valence-electron chi connectivity index (χ2n) is 7.74. The van der Waals surface area contributed by atoms with Crippen molar-refractivity contribution in [2.45, 2.75) is 39.7 Å². The third kappa shape index (κ3) is 4.13. The Labute approximate surface area is 176 Å². The number of pyridine rings is 1. The maximum Gasteiger partial charge on any atom is 0.309 e. The van der Waals surface area contributed by atoms with Crippen molar-refractivity contribution < 1.29 is 14.3 Å². The molecule has 0 atom stereocenters. The molecule has 1 fully saturated rings. The van der Waals surface area contributed by atoms with Crippen LogP contribution in [-0.4, -0.2) is 58.0 Å². The van der Waals surface area contributed by atoms with E-state index in [2.05, 4.69) is 9.88 Å². The Morgan fingerprint density at radius 2 is 2.00 bits per heavy atom. The number of ether oxygens (including phenoxy) is 1. The Kier molecular flexibility index (Phi) is 5.92. The molecule has 0 N–H and O–H groups in total. The first-order valence-corrected chi connectivity index (χ1v) is 10.5. The third-order valence-electron chi connectivity index (χ3n) is 5.82. The molecule has 4 heterocycles. The molecule has 1 saturated heterocycles. The molecule has 0 spiro atoms. The molecule has 8 nitrogen and oxygen atoms in total. The molecule has 0 aliphatic carbocycles. The number of piperidine rings is 1. The minimum atomic E-state index is -0.110. The van der Waals surface area contributed by atoms with Gasteiger partial charge in [0, 0.05) is 56.5 Å². The number of fused-ring (bicyclic) bond motifs is 1. The Morgan fingerprint density at radius 1 is 1.20 bits per heavy atom. The van der Waals surface area contributed by atoms with E-state index in [0.29, 0.717) is 31.9 Å². The lowest BCUT2D eigenvalue weighted by atomic mass is 9.96. The van der Waals surface area contributed by atoms with Gasteiger partial charge in [-0.25, -0.2) is 9.97 Å². The summed E-state index contributed by atoms with van der Waals surface area (Å²) in [6, 6.07) is 3.83. The SMILES string of the molecule is CCOC(=O)C1CCN(c2nc(-c3cccnc3)nc3c2CN(C(C)=O)CC3)CC1. The lowest BCUT2D eigenvalue weighted by Crippen LogP contribution is -2.40. The lowest BCUT2D eigenvalue weighted by molar-refractivity contribution is -0.148. The summed E-state index contributed by atoms with van der Waals surface area (Å²) in [7, 11) is 0. The number of esters is 1. The van der Waals surface area contributed by atoms with E-state index in [1.807, 2.05) is 24.0 Å². The van der Waals surface area contributed by atoms with Gasteiger partial charge in [0.15, 0.2) is 5.82 Å². The maximum atomic E-state index is 12.1. The van der Waals surface area contributed by atoms with Crippen LogP contribution in [0, 0.1) is 5.92 Å². The second-order valence-corrected chi connectivity index (χ2v) is 7.74. The van der Waals surface area contributed by atoms with E-state index in [-0.39, 0.29) is 17.8 Å². The van der Waals surface area contributed by atoms with Crippen molar-refractivity contribution in [1.82, 2.24) is 19.9 Å². The first kappa shape index (κ1) is 20.3. The number of aromatic nitrogens is 3. The average molecular weight is 409 g/mol. The monoisotopic (exact) mass is 409 g/mol. The van der Waals surface area contributed by atoms with Crippen molar-refractivity contribution in [2.24, 2.45) is 5.92 Å². The fraction of sp³-hybridized carbons (Fsp3) is 0.500. The molecule has 1 amide bonds. The highest BCUT2D eigenvalue weighted by molar-refractivity contribution is 5.74. The van der Waals surface area contributed by atoms with Crippen LogP contribution in [0.1, 0.15) is 37.9 Å². The zero-order chi connectivity index (χ0) is 21.1. The van der Waals surface area contributed by atoms with Gasteiger partial charge in [0.25, 0.3) is 0 Å². The minimum absolute atomic E-state index is 0.0592. The Bertz CT molecular complexity index is 926. The molecule has 2 aliphatic rings. The van der Waals surface area contributed by atoms with Crippen molar-refractivity contribution >= 4 is 17.7 Å². The van der Waals surface area contributed by atoms with Gasteiger partial charge in [-0.2, -0.15) is 0 Å². The quantitative estimate of drug-likeness (QED) is 0.716. The maximum absolute atomic E-state index is 12.1. The van der Waals surface area contributed by atoms with E-state index in [4.69, 9.17) is 14.7 Å². The summed E-state index contributed by atoms with van der Waals surface area (Å²) in [5.41, 5.74) is 2.87. The summed E-state index contributed by atoms with van der Waals surface area (Å²) >= 11 is 0. The zero-order valence-corrected chi connectivity index (χ0v) is 17.5. The van der Waals surface area contributed by atoms with Crippen molar-refractivity contribution in [3.8, 4) is 11.4 Å². The Balaban J connectivity index is 1.65. The number of carbonyl (C=O) groups is 2. The van der Waals surface area contributed by atoms with Crippen LogP contribution in [-0.2, 0) is 27.3 Å². The third-order valence-corrected chi connectivity index (χ3v) is 5.82. The van der Waals surface area contributed by atoms with E-state index in [1.54, 1.807) is 19.3 Å². The topological polar surface area (TPSA) is 88.5 Å². The van der Waals surface area contributed by atoms with Gasteiger partial charge in [-0.1, -0.05) is 0 Å². The summed E-state index contributed by atoms with van der Waals surface area (Å²) in [6.45, 7) is 6.47. The van der Waals surface area contributed by atoms with E-state index in [9.17, 15) is 9.59 Å². The fourth-order valence-corrected chi connectivity index (χ4v) is 4.14. The zero-order valence-electron chi connectivity index (χ0n) is 17.5. The summed E-state index contributed by atoms with van der Waals surface area (Å²) in [4.78, 5) is 42.1. The molecule has 30 heavy (non-hydrogen) atoms.